The van der Waals surface area contributed by atoms with Crippen LogP contribution in [0.1, 0.15) is 48.6 Å². The lowest BCUT2D eigenvalue weighted by Crippen LogP contribution is -2.29. The lowest BCUT2D eigenvalue weighted by Gasteiger charge is -2.24. The van der Waals surface area contributed by atoms with Crippen LogP contribution in [0.5, 0.6) is 23.0 Å². The van der Waals surface area contributed by atoms with Gasteiger partial charge in [0.2, 0.25) is 5.13 Å². The second-order valence-electron chi connectivity index (χ2n) is 10.6. The summed E-state index contributed by atoms with van der Waals surface area (Å²) in [7, 11) is 0. The van der Waals surface area contributed by atoms with Crippen LogP contribution >= 0.6 is 23.1 Å². The summed E-state index contributed by atoms with van der Waals surface area (Å²) in [5.74, 6) is 0.644. The third kappa shape index (κ3) is 6.40. The maximum Gasteiger partial charge on any atom is 0.301 e. The van der Waals surface area contributed by atoms with Gasteiger partial charge in [0.05, 0.1) is 24.8 Å². The first-order valence-corrected chi connectivity index (χ1v) is 16.8. The van der Waals surface area contributed by atoms with E-state index in [4.69, 9.17) is 18.9 Å². The Balaban J connectivity index is 1.42. The minimum atomic E-state index is -1.02. The van der Waals surface area contributed by atoms with E-state index in [1.807, 2.05) is 20.8 Å². The van der Waals surface area contributed by atoms with Crippen LogP contribution in [0.4, 0.5) is 5.13 Å². The van der Waals surface area contributed by atoms with Crippen molar-refractivity contribution >= 4 is 45.7 Å². The van der Waals surface area contributed by atoms with Crippen LogP contribution in [0, 0.1) is 6.92 Å². The van der Waals surface area contributed by atoms with Crippen molar-refractivity contribution in [2.24, 2.45) is 0 Å². The summed E-state index contributed by atoms with van der Waals surface area (Å²) < 4.78 is 23.8. The Morgan fingerprint density at radius 3 is 2.52 bits per heavy atom. The number of Topliss-reactive ketones (excluding diaryl/α,β-unsaturated/α-hetero) is 1. The van der Waals surface area contributed by atoms with Gasteiger partial charge in [0.25, 0.3) is 5.78 Å². The largest absolute Gasteiger partial charge is 0.507 e. The third-order valence-electron chi connectivity index (χ3n) is 7.39. The normalized spacial score (nSPS) is 16.9. The number of aliphatic hydroxyl groups is 1. The quantitative estimate of drug-likeness (QED) is 0.0611. The minimum Gasteiger partial charge on any atom is -0.507 e. The van der Waals surface area contributed by atoms with Gasteiger partial charge in [-0.3, -0.25) is 14.5 Å². The Morgan fingerprint density at radius 1 is 0.978 bits per heavy atom. The number of benzene rings is 3. The van der Waals surface area contributed by atoms with E-state index in [1.165, 1.54) is 33.6 Å². The number of fused-ring (bicyclic) bond motifs is 1. The van der Waals surface area contributed by atoms with Crippen LogP contribution in [-0.2, 0) is 15.3 Å². The number of amides is 1. The fourth-order valence-electron chi connectivity index (χ4n) is 5.17. The number of carbonyl (C=O) groups is 2. The van der Waals surface area contributed by atoms with Gasteiger partial charge in [-0.25, -0.2) is 0 Å². The van der Waals surface area contributed by atoms with E-state index in [1.54, 1.807) is 36.4 Å². The van der Waals surface area contributed by atoms with Gasteiger partial charge in [-0.15, -0.1) is 10.2 Å². The standard InChI is InChI=1S/C34H33N3O7S2/c1-4-14-42-24-12-10-22(17-26(24)41-5-2)29-28(30(38)23-11-13-25-27(18-23)44-16-15-43-25)31(39)32(40)37(29)33-35-36-34(46-33)45-19-21-8-6-20(3)7-9-21/h6-13,17-18,29,38H,4-5,14-16,19H2,1-3H3/b30-28+/t29-/m1/s1. The summed E-state index contributed by atoms with van der Waals surface area (Å²) in [6.07, 6.45) is 0.810. The van der Waals surface area contributed by atoms with Gasteiger partial charge in [-0.1, -0.05) is 65.9 Å². The summed E-state index contributed by atoms with van der Waals surface area (Å²) in [4.78, 5) is 28.8. The van der Waals surface area contributed by atoms with Crippen molar-refractivity contribution in [1.82, 2.24) is 10.2 Å². The molecule has 0 bridgehead atoms. The van der Waals surface area contributed by atoms with Crippen molar-refractivity contribution in [2.75, 3.05) is 31.3 Å². The topological polar surface area (TPSA) is 120 Å². The van der Waals surface area contributed by atoms with Crippen molar-refractivity contribution < 1.29 is 33.6 Å². The van der Waals surface area contributed by atoms with Gasteiger partial charge >= 0.3 is 5.91 Å². The molecule has 3 heterocycles. The minimum absolute atomic E-state index is 0.0876. The fraction of sp³-hybridized carbons (Fsp3) is 0.294. The van der Waals surface area contributed by atoms with Crippen molar-refractivity contribution in [3.8, 4) is 23.0 Å². The van der Waals surface area contributed by atoms with Gasteiger partial charge in [0, 0.05) is 11.3 Å². The molecule has 1 saturated heterocycles. The fourth-order valence-corrected chi connectivity index (χ4v) is 7.00. The maximum absolute atomic E-state index is 13.8. The number of hydrogen-bond acceptors (Lipinski definition) is 11. The highest BCUT2D eigenvalue weighted by Crippen LogP contribution is 2.46. The molecule has 12 heteroatoms. The number of aliphatic hydroxyl groups excluding tert-OH is 1. The summed E-state index contributed by atoms with van der Waals surface area (Å²) in [6.45, 7) is 7.55. The number of anilines is 1. The molecule has 1 fully saturated rings. The molecule has 1 aromatic heterocycles. The molecule has 6 rings (SSSR count). The summed E-state index contributed by atoms with van der Waals surface area (Å²) in [6, 6.07) is 17.4. The van der Waals surface area contributed by atoms with Crippen LogP contribution < -0.4 is 23.8 Å². The van der Waals surface area contributed by atoms with E-state index in [0.717, 1.165) is 12.0 Å². The van der Waals surface area contributed by atoms with Gasteiger partial charge in [0.1, 0.15) is 19.0 Å². The molecule has 0 unspecified atom stereocenters. The van der Waals surface area contributed by atoms with Crippen LogP contribution in [0.3, 0.4) is 0 Å². The number of carbonyl (C=O) groups excluding carboxylic acids is 2. The molecule has 1 amide bonds. The number of aromatic nitrogens is 2. The molecule has 2 aliphatic rings. The predicted molar refractivity (Wildman–Crippen MR) is 176 cm³/mol. The lowest BCUT2D eigenvalue weighted by molar-refractivity contribution is -0.132. The highest BCUT2D eigenvalue weighted by Gasteiger charge is 2.48. The highest BCUT2D eigenvalue weighted by molar-refractivity contribution is 8.00. The summed E-state index contributed by atoms with van der Waals surface area (Å²) >= 11 is 2.70. The van der Waals surface area contributed by atoms with Crippen LogP contribution in [0.25, 0.3) is 5.76 Å². The van der Waals surface area contributed by atoms with Crippen LogP contribution in [0.15, 0.2) is 70.6 Å². The molecule has 2 aliphatic heterocycles. The van der Waals surface area contributed by atoms with Gasteiger partial charge in [-0.2, -0.15) is 0 Å². The zero-order valence-corrected chi connectivity index (χ0v) is 27.3. The van der Waals surface area contributed by atoms with Gasteiger partial charge < -0.3 is 24.1 Å². The molecule has 4 aromatic rings. The first kappa shape index (κ1) is 31.4. The number of nitrogens with zero attached hydrogens (tertiary/aromatic N) is 3. The molecule has 0 radical (unpaired) electrons. The molecule has 1 N–H and O–H groups in total. The van der Waals surface area contributed by atoms with Crippen LogP contribution in [-0.4, -0.2) is 53.4 Å². The van der Waals surface area contributed by atoms with Crippen molar-refractivity contribution in [3.63, 3.8) is 0 Å². The molecule has 10 nitrogen and oxygen atoms in total. The average Bonchev–Trinajstić information content (AvgIpc) is 3.65. The molecular formula is C34H33N3O7S2. The first-order valence-electron chi connectivity index (χ1n) is 15.0. The van der Waals surface area contributed by atoms with Crippen molar-refractivity contribution in [3.05, 3.63) is 88.5 Å². The number of ketones is 1. The molecule has 238 valence electrons. The maximum atomic E-state index is 13.8. The predicted octanol–water partition coefficient (Wildman–Crippen LogP) is 6.72. The third-order valence-corrected chi connectivity index (χ3v) is 9.52. The summed E-state index contributed by atoms with van der Waals surface area (Å²) in [5.41, 5.74) is 3.06. The monoisotopic (exact) mass is 659 g/mol. The second kappa shape index (κ2) is 13.8. The zero-order chi connectivity index (χ0) is 32.2. The Hall–Kier alpha value is -4.55. The number of rotatable bonds is 11. The van der Waals surface area contributed by atoms with E-state index in [-0.39, 0.29) is 16.5 Å². The number of hydrogen-bond donors (Lipinski definition) is 1. The highest BCUT2D eigenvalue weighted by atomic mass is 32.2. The molecule has 0 saturated carbocycles. The molecule has 0 spiro atoms. The Morgan fingerprint density at radius 2 is 1.76 bits per heavy atom. The number of aryl methyl sites for hydroxylation is 1. The number of thioether (sulfide) groups is 1. The van der Waals surface area contributed by atoms with Gasteiger partial charge in [-0.05, 0) is 61.7 Å². The summed E-state index contributed by atoms with van der Waals surface area (Å²) in [5, 5.41) is 20.6. The zero-order valence-electron chi connectivity index (χ0n) is 25.6. The van der Waals surface area contributed by atoms with Gasteiger partial charge in [0.15, 0.2) is 27.3 Å². The first-order chi connectivity index (χ1) is 22.4. The van der Waals surface area contributed by atoms with Crippen molar-refractivity contribution in [2.45, 2.75) is 43.3 Å². The second-order valence-corrected chi connectivity index (χ2v) is 12.8. The molecular weight excluding hydrogens is 627 g/mol. The Bertz CT molecular complexity index is 1790. The molecule has 3 aromatic carbocycles. The van der Waals surface area contributed by atoms with Crippen LogP contribution in [0.2, 0.25) is 0 Å². The smallest absolute Gasteiger partial charge is 0.301 e. The van der Waals surface area contributed by atoms with Crippen molar-refractivity contribution in [1.29, 1.82) is 0 Å². The van der Waals surface area contributed by atoms with E-state index < -0.39 is 17.7 Å². The molecule has 0 aliphatic carbocycles. The lowest BCUT2D eigenvalue weighted by atomic mass is 9.95. The average molecular weight is 660 g/mol. The van der Waals surface area contributed by atoms with E-state index in [2.05, 4.69) is 34.5 Å². The van der Waals surface area contributed by atoms with E-state index in [0.29, 0.717) is 70.6 Å². The number of ether oxygens (including phenoxy) is 4. The molecule has 46 heavy (non-hydrogen) atoms. The Kier molecular flexibility index (Phi) is 9.46. The SMILES string of the molecule is CCCOc1ccc([C@@H]2/C(=C(\O)c3ccc4c(c3)OCCO4)C(=O)C(=O)N2c2nnc(SCc3ccc(C)cc3)s2)cc1OCC. The molecule has 1 atom stereocenters. The van der Waals surface area contributed by atoms with E-state index >= 15 is 0 Å². The Labute approximate surface area is 275 Å². The van der Waals surface area contributed by atoms with E-state index in [9.17, 15) is 14.7 Å².